The number of ether oxygens (including phenoxy) is 2. The van der Waals surface area contributed by atoms with Crippen molar-refractivity contribution in [2.24, 2.45) is 7.05 Å². The van der Waals surface area contributed by atoms with E-state index in [1.807, 2.05) is 18.2 Å². The minimum Gasteiger partial charge on any atom is -0.490 e. The van der Waals surface area contributed by atoms with Gasteiger partial charge in [0.2, 0.25) is 0 Å². The number of aryl methyl sites for hydroxylation is 1. The molecule has 20 heavy (non-hydrogen) atoms. The van der Waals surface area contributed by atoms with Crippen LogP contribution in [0.5, 0.6) is 11.5 Å². The number of aromatic nitrogens is 2. The number of rotatable bonds is 2. The van der Waals surface area contributed by atoms with Crippen LogP contribution in [0.4, 0.5) is 0 Å². The number of carboxylic acid groups (broad SMARTS) is 1. The van der Waals surface area contributed by atoms with E-state index in [-0.39, 0.29) is 5.69 Å². The van der Waals surface area contributed by atoms with E-state index in [2.05, 4.69) is 5.10 Å². The van der Waals surface area contributed by atoms with E-state index in [9.17, 15) is 9.90 Å². The number of aromatic carboxylic acids is 1. The van der Waals surface area contributed by atoms with Crippen LogP contribution in [-0.4, -0.2) is 34.1 Å². The quantitative estimate of drug-likeness (QED) is 0.906. The van der Waals surface area contributed by atoms with E-state index < -0.39 is 5.97 Å². The highest BCUT2D eigenvalue weighted by atomic mass is 16.5. The Morgan fingerprint density at radius 2 is 2.10 bits per heavy atom. The number of carboxylic acids is 1. The number of hydrogen-bond acceptors (Lipinski definition) is 4. The number of benzene rings is 1. The molecule has 0 saturated carbocycles. The third-order valence-corrected chi connectivity index (χ3v) is 3.20. The topological polar surface area (TPSA) is 73.6 Å². The van der Waals surface area contributed by atoms with Gasteiger partial charge in [0.25, 0.3) is 0 Å². The van der Waals surface area contributed by atoms with E-state index in [0.29, 0.717) is 35.8 Å². The van der Waals surface area contributed by atoms with Crippen molar-refractivity contribution < 1.29 is 19.4 Å². The summed E-state index contributed by atoms with van der Waals surface area (Å²) in [5.74, 6) is 0.202. The fourth-order valence-electron chi connectivity index (χ4n) is 2.29. The fraction of sp³-hybridized carbons (Fsp3) is 0.286. The summed E-state index contributed by atoms with van der Waals surface area (Å²) in [6.45, 7) is 1.14. The SMILES string of the molecule is Cn1ncc(-c2cccc3c2OCCCO3)c1C(=O)O. The van der Waals surface area contributed by atoms with Gasteiger partial charge in [-0.3, -0.25) is 4.68 Å². The normalized spacial score (nSPS) is 13.8. The van der Waals surface area contributed by atoms with Gasteiger partial charge in [-0.25, -0.2) is 4.79 Å². The molecule has 104 valence electrons. The van der Waals surface area contributed by atoms with Crippen LogP contribution in [0.2, 0.25) is 0 Å². The fourth-order valence-corrected chi connectivity index (χ4v) is 2.29. The van der Waals surface area contributed by atoms with Crippen molar-refractivity contribution in [2.45, 2.75) is 6.42 Å². The molecule has 2 aromatic rings. The van der Waals surface area contributed by atoms with Gasteiger partial charge in [-0.2, -0.15) is 5.10 Å². The van der Waals surface area contributed by atoms with Crippen molar-refractivity contribution >= 4 is 5.97 Å². The predicted octanol–water partition coefficient (Wildman–Crippen LogP) is 1.95. The van der Waals surface area contributed by atoms with Crippen molar-refractivity contribution in [3.05, 3.63) is 30.1 Å². The van der Waals surface area contributed by atoms with E-state index >= 15 is 0 Å². The van der Waals surface area contributed by atoms with Crippen LogP contribution in [0.3, 0.4) is 0 Å². The average Bonchev–Trinajstić information content (AvgIpc) is 2.66. The highest BCUT2D eigenvalue weighted by Gasteiger charge is 2.22. The van der Waals surface area contributed by atoms with Crippen molar-refractivity contribution in [3.8, 4) is 22.6 Å². The Bertz CT molecular complexity index is 663. The Hall–Kier alpha value is -2.50. The smallest absolute Gasteiger partial charge is 0.354 e. The second kappa shape index (κ2) is 4.88. The molecular formula is C14H14N2O4. The summed E-state index contributed by atoms with van der Waals surface area (Å²) >= 11 is 0. The van der Waals surface area contributed by atoms with Crippen molar-refractivity contribution in [1.82, 2.24) is 9.78 Å². The lowest BCUT2D eigenvalue weighted by Crippen LogP contribution is -2.07. The summed E-state index contributed by atoms with van der Waals surface area (Å²) < 4.78 is 12.7. The molecule has 0 atom stereocenters. The zero-order valence-corrected chi connectivity index (χ0v) is 11.0. The number of hydrogen-bond donors (Lipinski definition) is 1. The van der Waals surface area contributed by atoms with Crippen LogP contribution in [0, 0.1) is 0 Å². The molecule has 2 heterocycles. The Balaban J connectivity index is 2.18. The Labute approximate surface area is 115 Å². The number of para-hydroxylation sites is 1. The van der Waals surface area contributed by atoms with Crippen molar-refractivity contribution in [2.75, 3.05) is 13.2 Å². The monoisotopic (exact) mass is 274 g/mol. The molecule has 0 saturated heterocycles. The maximum absolute atomic E-state index is 11.4. The lowest BCUT2D eigenvalue weighted by atomic mass is 10.0. The maximum atomic E-state index is 11.4. The van der Waals surface area contributed by atoms with Crippen LogP contribution in [0.15, 0.2) is 24.4 Å². The van der Waals surface area contributed by atoms with Gasteiger partial charge in [-0.15, -0.1) is 0 Å². The third-order valence-electron chi connectivity index (χ3n) is 3.20. The van der Waals surface area contributed by atoms with Gasteiger partial charge in [0.1, 0.15) is 0 Å². The molecule has 0 fully saturated rings. The van der Waals surface area contributed by atoms with Crippen LogP contribution in [-0.2, 0) is 7.05 Å². The van der Waals surface area contributed by atoms with Crippen molar-refractivity contribution in [3.63, 3.8) is 0 Å². The van der Waals surface area contributed by atoms with Gasteiger partial charge in [0.05, 0.1) is 19.4 Å². The molecule has 1 aliphatic rings. The molecule has 1 N–H and O–H groups in total. The minimum absolute atomic E-state index is 0.131. The van der Waals surface area contributed by atoms with Gasteiger partial charge in [-0.1, -0.05) is 12.1 Å². The predicted molar refractivity (Wildman–Crippen MR) is 71.2 cm³/mol. The van der Waals surface area contributed by atoms with Gasteiger partial charge in [0, 0.05) is 24.6 Å². The molecule has 1 aliphatic heterocycles. The Morgan fingerprint density at radius 3 is 2.90 bits per heavy atom. The second-order valence-electron chi connectivity index (χ2n) is 4.52. The Kier molecular flexibility index (Phi) is 3.06. The van der Waals surface area contributed by atoms with Gasteiger partial charge < -0.3 is 14.6 Å². The molecule has 6 heteroatoms. The largest absolute Gasteiger partial charge is 0.490 e. The molecule has 1 aromatic carbocycles. The van der Waals surface area contributed by atoms with E-state index in [0.717, 1.165) is 6.42 Å². The molecular weight excluding hydrogens is 260 g/mol. The zero-order chi connectivity index (χ0) is 14.1. The standard InChI is InChI=1S/C14H14N2O4/c1-16-12(14(17)18)10(8-15-16)9-4-2-5-11-13(9)20-7-3-6-19-11/h2,4-5,8H,3,6-7H2,1H3,(H,17,18). The second-order valence-corrected chi connectivity index (χ2v) is 4.52. The molecule has 0 amide bonds. The number of fused-ring (bicyclic) bond motifs is 1. The summed E-state index contributed by atoms with van der Waals surface area (Å²) in [5.41, 5.74) is 1.35. The summed E-state index contributed by atoms with van der Waals surface area (Å²) in [7, 11) is 1.60. The molecule has 0 aliphatic carbocycles. The lowest BCUT2D eigenvalue weighted by Gasteiger charge is -2.12. The van der Waals surface area contributed by atoms with Gasteiger partial charge in [0.15, 0.2) is 17.2 Å². The van der Waals surface area contributed by atoms with E-state index in [1.54, 1.807) is 7.05 Å². The van der Waals surface area contributed by atoms with Crippen molar-refractivity contribution in [1.29, 1.82) is 0 Å². The third kappa shape index (κ3) is 1.99. The lowest BCUT2D eigenvalue weighted by molar-refractivity contribution is 0.0686. The molecule has 0 radical (unpaired) electrons. The molecule has 0 bridgehead atoms. The van der Waals surface area contributed by atoms with Crippen LogP contribution in [0.25, 0.3) is 11.1 Å². The van der Waals surface area contributed by atoms with Crippen LogP contribution < -0.4 is 9.47 Å². The molecule has 3 rings (SSSR count). The minimum atomic E-state index is -1.02. The first-order chi connectivity index (χ1) is 9.68. The Morgan fingerprint density at radius 1 is 1.30 bits per heavy atom. The van der Waals surface area contributed by atoms with Gasteiger partial charge in [-0.05, 0) is 6.07 Å². The molecule has 0 spiro atoms. The maximum Gasteiger partial charge on any atom is 0.354 e. The number of nitrogens with zero attached hydrogens (tertiary/aromatic N) is 2. The highest BCUT2D eigenvalue weighted by molar-refractivity contribution is 5.95. The molecule has 6 nitrogen and oxygen atoms in total. The average molecular weight is 274 g/mol. The molecule has 1 aromatic heterocycles. The first-order valence-corrected chi connectivity index (χ1v) is 6.33. The zero-order valence-electron chi connectivity index (χ0n) is 11.0. The summed E-state index contributed by atoms with van der Waals surface area (Å²) in [5, 5.41) is 13.3. The summed E-state index contributed by atoms with van der Waals surface area (Å²) in [6, 6.07) is 5.46. The first-order valence-electron chi connectivity index (χ1n) is 6.33. The van der Waals surface area contributed by atoms with Crippen LogP contribution >= 0.6 is 0 Å². The number of carbonyl (C=O) groups is 1. The van der Waals surface area contributed by atoms with Crippen LogP contribution in [0.1, 0.15) is 16.9 Å². The summed E-state index contributed by atoms with van der Waals surface area (Å²) in [4.78, 5) is 11.4. The summed E-state index contributed by atoms with van der Waals surface area (Å²) in [6.07, 6.45) is 2.33. The van der Waals surface area contributed by atoms with Gasteiger partial charge >= 0.3 is 5.97 Å². The van der Waals surface area contributed by atoms with E-state index in [4.69, 9.17) is 9.47 Å². The van der Waals surface area contributed by atoms with E-state index in [1.165, 1.54) is 10.9 Å². The first kappa shape index (κ1) is 12.5. The molecule has 0 unspecified atom stereocenters. The highest BCUT2D eigenvalue weighted by Crippen LogP contribution is 2.40.